The Hall–Kier alpha value is -0.910. The number of fused-ring (bicyclic) bond motifs is 1. The van der Waals surface area contributed by atoms with Gasteiger partial charge in [0.15, 0.2) is 0 Å². The molecule has 20 heavy (non-hydrogen) atoms. The summed E-state index contributed by atoms with van der Waals surface area (Å²) in [4.78, 5) is 12.9. The number of carbonyl (C=O) groups is 1. The Balaban J connectivity index is 1.85. The molecule has 3 nitrogen and oxygen atoms in total. The molecule has 1 aliphatic carbocycles. The Kier molecular flexibility index (Phi) is 3.60. The van der Waals surface area contributed by atoms with E-state index in [2.05, 4.69) is 11.6 Å². The first kappa shape index (κ1) is 14.0. The minimum absolute atomic E-state index is 0.0971. The maximum Gasteiger partial charge on any atom is 0.263 e. The van der Waals surface area contributed by atoms with E-state index in [1.54, 1.807) is 6.07 Å². The standard InChI is InChI=1S/C14H15ClN2OS2/c1-19-14(5-6-14)7-17-13(18)12-11(16)10-8(15)3-2-4-9(10)20-12/h2-4H,5-7,16H2,1H3,(H,17,18). The number of nitrogens with two attached hydrogens (primary N) is 1. The van der Waals surface area contributed by atoms with Crippen LogP contribution in [0.15, 0.2) is 18.2 Å². The average molecular weight is 327 g/mol. The first-order valence-electron chi connectivity index (χ1n) is 6.36. The fourth-order valence-electron chi connectivity index (χ4n) is 2.21. The van der Waals surface area contributed by atoms with Crippen LogP contribution in [0.25, 0.3) is 10.1 Å². The van der Waals surface area contributed by atoms with Gasteiger partial charge in [0.25, 0.3) is 5.91 Å². The van der Waals surface area contributed by atoms with Crippen molar-refractivity contribution >= 4 is 56.4 Å². The van der Waals surface area contributed by atoms with Crippen molar-refractivity contribution in [3.63, 3.8) is 0 Å². The molecular weight excluding hydrogens is 312 g/mol. The van der Waals surface area contributed by atoms with Crippen molar-refractivity contribution in [2.75, 3.05) is 18.5 Å². The van der Waals surface area contributed by atoms with Gasteiger partial charge in [0.1, 0.15) is 4.88 Å². The third kappa shape index (κ3) is 2.38. The number of hydrogen-bond acceptors (Lipinski definition) is 4. The highest BCUT2D eigenvalue weighted by Gasteiger charge is 2.42. The van der Waals surface area contributed by atoms with Gasteiger partial charge in [0.2, 0.25) is 0 Å². The van der Waals surface area contributed by atoms with Crippen LogP contribution in [-0.2, 0) is 0 Å². The summed E-state index contributed by atoms with van der Waals surface area (Å²) in [5, 5.41) is 4.38. The summed E-state index contributed by atoms with van der Waals surface area (Å²) >= 11 is 9.37. The number of halogens is 1. The number of rotatable bonds is 4. The third-order valence-electron chi connectivity index (χ3n) is 3.72. The Morgan fingerprint density at radius 1 is 1.55 bits per heavy atom. The molecule has 0 atom stereocenters. The van der Waals surface area contributed by atoms with Gasteiger partial charge in [-0.15, -0.1) is 11.3 Å². The maximum absolute atomic E-state index is 12.3. The lowest BCUT2D eigenvalue weighted by Gasteiger charge is -2.12. The predicted molar refractivity (Wildman–Crippen MR) is 89.1 cm³/mol. The normalized spacial score (nSPS) is 16.3. The molecule has 0 saturated heterocycles. The number of amides is 1. The molecule has 0 spiro atoms. The zero-order chi connectivity index (χ0) is 14.3. The molecule has 106 valence electrons. The minimum Gasteiger partial charge on any atom is -0.397 e. The quantitative estimate of drug-likeness (QED) is 0.899. The largest absolute Gasteiger partial charge is 0.397 e. The average Bonchev–Trinajstić information content (AvgIpc) is 3.15. The fourth-order valence-corrected chi connectivity index (χ4v) is 4.34. The smallest absolute Gasteiger partial charge is 0.263 e. The maximum atomic E-state index is 12.3. The number of nitrogens with one attached hydrogen (secondary N) is 1. The van der Waals surface area contributed by atoms with Crippen LogP contribution in [0, 0.1) is 0 Å². The van der Waals surface area contributed by atoms with Crippen LogP contribution in [-0.4, -0.2) is 23.5 Å². The monoisotopic (exact) mass is 326 g/mol. The van der Waals surface area contributed by atoms with Gasteiger partial charge in [-0.2, -0.15) is 11.8 Å². The summed E-state index contributed by atoms with van der Waals surface area (Å²) in [5.74, 6) is -0.0971. The Morgan fingerprint density at radius 3 is 2.90 bits per heavy atom. The van der Waals surface area contributed by atoms with E-state index in [1.165, 1.54) is 24.2 Å². The highest BCUT2D eigenvalue weighted by molar-refractivity contribution is 8.00. The van der Waals surface area contributed by atoms with Crippen molar-refractivity contribution < 1.29 is 4.79 Å². The molecule has 3 N–H and O–H groups in total. The summed E-state index contributed by atoms with van der Waals surface area (Å²) in [6.45, 7) is 0.703. The van der Waals surface area contributed by atoms with Crippen molar-refractivity contribution in [1.82, 2.24) is 5.32 Å². The molecule has 3 rings (SSSR count). The molecule has 6 heteroatoms. The second-order valence-corrected chi connectivity index (χ2v) is 7.76. The van der Waals surface area contributed by atoms with Crippen molar-refractivity contribution in [2.45, 2.75) is 17.6 Å². The summed E-state index contributed by atoms with van der Waals surface area (Å²) in [6.07, 6.45) is 4.43. The van der Waals surface area contributed by atoms with E-state index in [0.29, 0.717) is 22.1 Å². The molecule has 0 aliphatic heterocycles. The van der Waals surface area contributed by atoms with Gasteiger partial charge < -0.3 is 11.1 Å². The van der Waals surface area contributed by atoms with Gasteiger partial charge in [-0.1, -0.05) is 17.7 Å². The molecule has 1 aliphatic rings. The van der Waals surface area contributed by atoms with E-state index in [-0.39, 0.29) is 10.7 Å². The van der Waals surface area contributed by atoms with Crippen molar-refractivity contribution in [2.24, 2.45) is 0 Å². The molecule has 1 heterocycles. The number of anilines is 1. The summed E-state index contributed by atoms with van der Waals surface area (Å²) < 4.78 is 1.20. The van der Waals surface area contributed by atoms with E-state index in [9.17, 15) is 4.79 Å². The second-order valence-electron chi connectivity index (χ2n) is 5.03. The fraction of sp³-hybridized carbons (Fsp3) is 0.357. The molecule has 1 fully saturated rings. The number of thiophene rings is 1. The lowest BCUT2D eigenvalue weighted by Crippen LogP contribution is -2.31. The molecule has 1 aromatic carbocycles. The van der Waals surface area contributed by atoms with E-state index < -0.39 is 0 Å². The van der Waals surface area contributed by atoms with E-state index >= 15 is 0 Å². The second kappa shape index (κ2) is 5.13. The molecule has 0 bridgehead atoms. The van der Waals surface area contributed by atoms with Gasteiger partial charge >= 0.3 is 0 Å². The van der Waals surface area contributed by atoms with Crippen molar-refractivity contribution in [1.29, 1.82) is 0 Å². The molecule has 0 unspecified atom stereocenters. The van der Waals surface area contributed by atoms with Gasteiger partial charge in [0, 0.05) is 21.4 Å². The van der Waals surface area contributed by atoms with Crippen LogP contribution in [0.4, 0.5) is 5.69 Å². The highest BCUT2D eigenvalue weighted by Crippen LogP contribution is 2.46. The molecule has 2 aromatic rings. The molecule has 0 radical (unpaired) electrons. The van der Waals surface area contributed by atoms with Gasteiger partial charge in [0.05, 0.1) is 10.7 Å². The Labute approximate surface area is 130 Å². The molecule has 1 aromatic heterocycles. The zero-order valence-corrected chi connectivity index (χ0v) is 13.4. The van der Waals surface area contributed by atoms with Gasteiger partial charge in [-0.25, -0.2) is 0 Å². The van der Waals surface area contributed by atoms with E-state index in [1.807, 2.05) is 23.9 Å². The predicted octanol–water partition coefficient (Wildman–Crippen LogP) is 3.76. The first-order valence-corrected chi connectivity index (χ1v) is 8.78. The Bertz CT molecular complexity index is 679. The van der Waals surface area contributed by atoms with Crippen molar-refractivity contribution in [3.8, 4) is 0 Å². The van der Waals surface area contributed by atoms with Gasteiger partial charge in [-0.05, 0) is 31.2 Å². The van der Waals surface area contributed by atoms with Crippen LogP contribution in [0.2, 0.25) is 5.02 Å². The first-order chi connectivity index (χ1) is 9.56. The number of nitrogen functional groups attached to an aromatic ring is 1. The summed E-state index contributed by atoms with van der Waals surface area (Å²) in [7, 11) is 0. The molecule has 1 amide bonds. The lowest BCUT2D eigenvalue weighted by atomic mass is 10.2. The molecular formula is C14H15ClN2OS2. The van der Waals surface area contributed by atoms with Crippen LogP contribution in [0.5, 0.6) is 0 Å². The zero-order valence-electron chi connectivity index (χ0n) is 11.0. The summed E-state index contributed by atoms with van der Waals surface area (Å²) in [6, 6.07) is 5.60. The van der Waals surface area contributed by atoms with Crippen molar-refractivity contribution in [3.05, 3.63) is 28.1 Å². The topological polar surface area (TPSA) is 55.1 Å². The van der Waals surface area contributed by atoms with Crippen LogP contribution in [0.1, 0.15) is 22.5 Å². The summed E-state index contributed by atoms with van der Waals surface area (Å²) in [5.41, 5.74) is 6.58. The Morgan fingerprint density at radius 2 is 2.30 bits per heavy atom. The highest BCUT2D eigenvalue weighted by atomic mass is 35.5. The third-order valence-corrected chi connectivity index (χ3v) is 6.62. The molecule has 1 saturated carbocycles. The number of carbonyl (C=O) groups excluding carboxylic acids is 1. The van der Waals surface area contributed by atoms with Crippen LogP contribution in [0.3, 0.4) is 0 Å². The lowest BCUT2D eigenvalue weighted by molar-refractivity contribution is 0.0958. The number of thioether (sulfide) groups is 1. The van der Waals surface area contributed by atoms with Crippen LogP contribution >= 0.6 is 34.7 Å². The SMILES string of the molecule is CSC1(CNC(=O)c2sc3cccc(Cl)c3c2N)CC1. The van der Waals surface area contributed by atoms with E-state index in [0.717, 1.165) is 10.1 Å². The minimum atomic E-state index is -0.0971. The van der Waals surface area contributed by atoms with Gasteiger partial charge in [-0.3, -0.25) is 4.79 Å². The van der Waals surface area contributed by atoms with Crippen LogP contribution < -0.4 is 11.1 Å². The number of hydrogen-bond donors (Lipinski definition) is 2. The number of benzene rings is 1. The van der Waals surface area contributed by atoms with E-state index in [4.69, 9.17) is 17.3 Å².